The van der Waals surface area contributed by atoms with Crippen molar-refractivity contribution in [3.05, 3.63) is 34.9 Å². The lowest BCUT2D eigenvalue weighted by atomic mass is 9.92. The summed E-state index contributed by atoms with van der Waals surface area (Å²) < 4.78 is 0. The predicted molar refractivity (Wildman–Crippen MR) is 60.3 cm³/mol. The Kier molecular flexibility index (Phi) is 3.70. The summed E-state index contributed by atoms with van der Waals surface area (Å²) in [5.41, 5.74) is 3.52. The van der Waals surface area contributed by atoms with E-state index in [0.717, 1.165) is 12.0 Å². The molecule has 1 heteroatoms. The largest absolute Gasteiger partial charge is 0.388 e. The molecule has 0 fully saturated rings. The maximum atomic E-state index is 10.1. The molecule has 2 atom stereocenters. The van der Waals surface area contributed by atoms with Gasteiger partial charge in [-0.25, -0.2) is 0 Å². The van der Waals surface area contributed by atoms with Crippen LogP contribution in [0.25, 0.3) is 0 Å². The average Bonchev–Trinajstić information content (AvgIpc) is 2.15. The molecule has 2 unspecified atom stereocenters. The Balaban J connectivity index is 2.95. The van der Waals surface area contributed by atoms with Crippen LogP contribution in [0.2, 0.25) is 0 Å². The average molecular weight is 192 g/mol. The Bertz CT molecular complexity index is 304. The van der Waals surface area contributed by atoms with Crippen molar-refractivity contribution >= 4 is 0 Å². The fourth-order valence-electron chi connectivity index (χ4n) is 1.69. The molecule has 0 aliphatic rings. The van der Waals surface area contributed by atoms with E-state index in [4.69, 9.17) is 0 Å². The summed E-state index contributed by atoms with van der Waals surface area (Å²) in [5.74, 6) is 0.330. The summed E-state index contributed by atoms with van der Waals surface area (Å²) in [4.78, 5) is 0. The number of hydrogen-bond donors (Lipinski definition) is 1. The normalized spacial score (nSPS) is 15.2. The van der Waals surface area contributed by atoms with Crippen LogP contribution in [0, 0.1) is 19.8 Å². The molecule has 14 heavy (non-hydrogen) atoms. The Morgan fingerprint density at radius 1 is 1.29 bits per heavy atom. The van der Waals surface area contributed by atoms with E-state index in [-0.39, 0.29) is 6.10 Å². The minimum Gasteiger partial charge on any atom is -0.388 e. The predicted octanol–water partition coefficient (Wildman–Crippen LogP) is 3.38. The summed E-state index contributed by atoms with van der Waals surface area (Å²) in [6.07, 6.45) is 0.690. The highest BCUT2D eigenvalue weighted by Crippen LogP contribution is 2.26. The molecule has 1 rings (SSSR count). The van der Waals surface area contributed by atoms with Gasteiger partial charge in [-0.05, 0) is 30.9 Å². The second-order valence-electron chi connectivity index (χ2n) is 4.19. The zero-order valence-corrected chi connectivity index (χ0v) is 9.54. The van der Waals surface area contributed by atoms with Crippen LogP contribution in [-0.2, 0) is 0 Å². The summed E-state index contributed by atoms with van der Waals surface area (Å²) in [5, 5.41) is 10.1. The van der Waals surface area contributed by atoms with Crippen LogP contribution in [0.1, 0.15) is 43.1 Å². The van der Waals surface area contributed by atoms with Gasteiger partial charge in [-0.2, -0.15) is 0 Å². The SMILES string of the molecule is CCC(C)C(O)c1ccc(C)cc1C. The van der Waals surface area contributed by atoms with Gasteiger partial charge in [-0.1, -0.05) is 44.0 Å². The fraction of sp³-hybridized carbons (Fsp3) is 0.538. The van der Waals surface area contributed by atoms with Crippen molar-refractivity contribution in [2.75, 3.05) is 0 Å². The first-order valence-corrected chi connectivity index (χ1v) is 5.31. The van der Waals surface area contributed by atoms with Gasteiger partial charge in [-0.15, -0.1) is 0 Å². The number of aryl methyl sites for hydroxylation is 2. The molecule has 0 radical (unpaired) electrons. The van der Waals surface area contributed by atoms with Crippen LogP contribution in [-0.4, -0.2) is 5.11 Å². The van der Waals surface area contributed by atoms with Gasteiger partial charge < -0.3 is 5.11 Å². The minimum absolute atomic E-state index is 0.319. The van der Waals surface area contributed by atoms with Gasteiger partial charge in [0.1, 0.15) is 0 Å². The quantitative estimate of drug-likeness (QED) is 0.778. The lowest BCUT2D eigenvalue weighted by Crippen LogP contribution is -2.09. The molecule has 0 bridgehead atoms. The van der Waals surface area contributed by atoms with Crippen molar-refractivity contribution in [3.8, 4) is 0 Å². The van der Waals surface area contributed by atoms with Crippen LogP contribution < -0.4 is 0 Å². The molecule has 1 nitrogen and oxygen atoms in total. The standard InChI is InChI=1S/C13H20O/c1-5-10(3)13(14)12-7-6-9(2)8-11(12)4/h6-8,10,13-14H,5H2,1-4H3. The Morgan fingerprint density at radius 2 is 1.93 bits per heavy atom. The van der Waals surface area contributed by atoms with Crippen LogP contribution in [0.15, 0.2) is 18.2 Å². The second kappa shape index (κ2) is 4.61. The third-order valence-electron chi connectivity index (χ3n) is 2.93. The monoisotopic (exact) mass is 192 g/mol. The summed E-state index contributed by atoms with van der Waals surface area (Å²) in [7, 11) is 0. The van der Waals surface area contributed by atoms with E-state index in [1.807, 2.05) is 6.07 Å². The molecule has 0 amide bonds. The van der Waals surface area contributed by atoms with E-state index in [9.17, 15) is 5.11 Å². The lowest BCUT2D eigenvalue weighted by molar-refractivity contribution is 0.115. The Labute approximate surface area is 86.8 Å². The number of benzene rings is 1. The van der Waals surface area contributed by atoms with Crippen molar-refractivity contribution in [2.45, 2.75) is 40.2 Å². The third kappa shape index (κ3) is 2.36. The lowest BCUT2D eigenvalue weighted by Gasteiger charge is -2.19. The molecule has 0 saturated carbocycles. The number of hydrogen-bond acceptors (Lipinski definition) is 1. The van der Waals surface area contributed by atoms with E-state index in [1.54, 1.807) is 0 Å². The van der Waals surface area contributed by atoms with E-state index in [2.05, 4.69) is 39.8 Å². The van der Waals surface area contributed by atoms with Gasteiger partial charge in [0.15, 0.2) is 0 Å². The summed E-state index contributed by atoms with van der Waals surface area (Å²) in [6.45, 7) is 8.34. The van der Waals surface area contributed by atoms with Crippen molar-refractivity contribution in [2.24, 2.45) is 5.92 Å². The first-order chi connectivity index (χ1) is 6.56. The molecular formula is C13H20O. The maximum Gasteiger partial charge on any atom is 0.0818 e. The molecule has 1 aromatic carbocycles. The molecule has 0 aromatic heterocycles. The van der Waals surface area contributed by atoms with Crippen LogP contribution in [0.5, 0.6) is 0 Å². The van der Waals surface area contributed by atoms with Crippen molar-refractivity contribution in [3.63, 3.8) is 0 Å². The fourth-order valence-corrected chi connectivity index (χ4v) is 1.69. The van der Waals surface area contributed by atoms with Crippen molar-refractivity contribution in [1.29, 1.82) is 0 Å². The summed E-state index contributed by atoms with van der Waals surface area (Å²) >= 11 is 0. The molecule has 0 aliphatic carbocycles. The smallest absolute Gasteiger partial charge is 0.0818 e. The molecule has 78 valence electrons. The molecule has 0 spiro atoms. The van der Waals surface area contributed by atoms with Crippen molar-refractivity contribution < 1.29 is 5.11 Å². The van der Waals surface area contributed by atoms with Crippen LogP contribution >= 0.6 is 0 Å². The first-order valence-electron chi connectivity index (χ1n) is 5.31. The molecule has 1 N–H and O–H groups in total. The van der Waals surface area contributed by atoms with Gasteiger partial charge in [-0.3, -0.25) is 0 Å². The third-order valence-corrected chi connectivity index (χ3v) is 2.93. The first kappa shape index (κ1) is 11.3. The van der Waals surface area contributed by atoms with Gasteiger partial charge in [0.25, 0.3) is 0 Å². The molecular weight excluding hydrogens is 172 g/mol. The topological polar surface area (TPSA) is 20.2 Å². The number of rotatable bonds is 3. The highest BCUT2D eigenvalue weighted by molar-refractivity contribution is 5.32. The number of aliphatic hydroxyl groups excluding tert-OH is 1. The highest BCUT2D eigenvalue weighted by Gasteiger charge is 2.16. The van der Waals surface area contributed by atoms with Crippen LogP contribution in [0.4, 0.5) is 0 Å². The minimum atomic E-state index is -0.319. The molecule has 1 aromatic rings. The van der Waals surface area contributed by atoms with Gasteiger partial charge in [0.2, 0.25) is 0 Å². The zero-order chi connectivity index (χ0) is 10.7. The van der Waals surface area contributed by atoms with E-state index in [0.29, 0.717) is 5.92 Å². The van der Waals surface area contributed by atoms with E-state index >= 15 is 0 Å². The van der Waals surface area contributed by atoms with Gasteiger partial charge in [0, 0.05) is 0 Å². The van der Waals surface area contributed by atoms with Crippen molar-refractivity contribution in [1.82, 2.24) is 0 Å². The second-order valence-corrected chi connectivity index (χ2v) is 4.19. The van der Waals surface area contributed by atoms with E-state index in [1.165, 1.54) is 11.1 Å². The molecule has 0 aliphatic heterocycles. The molecule has 0 saturated heterocycles. The maximum absolute atomic E-state index is 10.1. The molecule has 0 heterocycles. The summed E-state index contributed by atoms with van der Waals surface area (Å²) in [6, 6.07) is 6.23. The number of aliphatic hydroxyl groups is 1. The van der Waals surface area contributed by atoms with E-state index < -0.39 is 0 Å². The Hall–Kier alpha value is -0.820. The van der Waals surface area contributed by atoms with Crippen LogP contribution in [0.3, 0.4) is 0 Å². The highest BCUT2D eigenvalue weighted by atomic mass is 16.3. The van der Waals surface area contributed by atoms with Gasteiger partial charge in [0.05, 0.1) is 6.10 Å². The zero-order valence-electron chi connectivity index (χ0n) is 9.54. The van der Waals surface area contributed by atoms with Gasteiger partial charge >= 0.3 is 0 Å². The Morgan fingerprint density at radius 3 is 2.43 bits per heavy atom.